The van der Waals surface area contributed by atoms with Crippen LogP contribution in [0.3, 0.4) is 0 Å². The van der Waals surface area contributed by atoms with Gasteiger partial charge in [-0.2, -0.15) is 0 Å². The summed E-state index contributed by atoms with van der Waals surface area (Å²) in [5.41, 5.74) is 1.99. The Morgan fingerprint density at radius 3 is 2.59 bits per heavy atom. The molecule has 1 aromatic rings. The molecule has 2 atom stereocenters. The van der Waals surface area contributed by atoms with Crippen molar-refractivity contribution in [3.8, 4) is 5.75 Å². The third-order valence-corrected chi connectivity index (χ3v) is 7.43. The zero-order valence-electron chi connectivity index (χ0n) is 18.5. The molecule has 2 heterocycles. The Bertz CT molecular complexity index is 697. The second-order valence-electron chi connectivity index (χ2n) is 9.32. The number of piperidine rings is 1. The van der Waals surface area contributed by atoms with Crippen molar-refractivity contribution in [2.45, 2.75) is 51.5 Å². The summed E-state index contributed by atoms with van der Waals surface area (Å²) >= 11 is 0. The SMILES string of the molecule is CCNC(=NCC1CCCN(C)C1c1ccc(OC)cc1)N1CCC2(CCC2)C1. The fourth-order valence-electron chi connectivity index (χ4n) is 5.61. The Labute approximate surface area is 176 Å². The number of ether oxygens (including phenoxy) is 1. The van der Waals surface area contributed by atoms with Gasteiger partial charge in [-0.25, -0.2) is 0 Å². The maximum Gasteiger partial charge on any atom is 0.193 e. The minimum absolute atomic E-state index is 0.429. The molecule has 4 rings (SSSR count). The molecule has 0 bridgehead atoms. The van der Waals surface area contributed by atoms with Crippen LogP contribution in [0.1, 0.15) is 57.1 Å². The average Bonchev–Trinajstić information content (AvgIpc) is 3.18. The van der Waals surface area contributed by atoms with E-state index in [1.165, 1.54) is 50.6 Å². The van der Waals surface area contributed by atoms with Crippen molar-refractivity contribution in [1.29, 1.82) is 0 Å². The first-order valence-electron chi connectivity index (χ1n) is 11.5. The van der Waals surface area contributed by atoms with Crippen LogP contribution < -0.4 is 10.1 Å². The zero-order chi connectivity index (χ0) is 20.3. The molecule has 3 fully saturated rings. The van der Waals surface area contributed by atoms with Gasteiger partial charge in [0.2, 0.25) is 0 Å². The maximum atomic E-state index is 5.35. The van der Waals surface area contributed by atoms with Crippen molar-refractivity contribution >= 4 is 5.96 Å². The minimum atomic E-state index is 0.429. The normalized spacial score (nSPS) is 27.1. The molecule has 160 valence electrons. The van der Waals surface area contributed by atoms with Gasteiger partial charge < -0.3 is 15.0 Å². The summed E-state index contributed by atoms with van der Waals surface area (Å²) in [4.78, 5) is 10.2. The van der Waals surface area contributed by atoms with Crippen LogP contribution in [-0.2, 0) is 0 Å². The Morgan fingerprint density at radius 1 is 1.17 bits per heavy atom. The summed E-state index contributed by atoms with van der Waals surface area (Å²) in [6.45, 7) is 7.54. The number of benzene rings is 1. The van der Waals surface area contributed by atoms with E-state index in [0.717, 1.165) is 37.9 Å². The van der Waals surface area contributed by atoms with E-state index in [9.17, 15) is 0 Å². The van der Waals surface area contributed by atoms with Crippen LogP contribution in [0.2, 0.25) is 0 Å². The van der Waals surface area contributed by atoms with Crippen LogP contribution in [0.15, 0.2) is 29.3 Å². The first-order valence-corrected chi connectivity index (χ1v) is 11.5. The second kappa shape index (κ2) is 8.95. The van der Waals surface area contributed by atoms with Gasteiger partial charge >= 0.3 is 0 Å². The van der Waals surface area contributed by atoms with Gasteiger partial charge in [0.25, 0.3) is 0 Å². The largest absolute Gasteiger partial charge is 0.497 e. The van der Waals surface area contributed by atoms with Crippen molar-refractivity contribution in [3.05, 3.63) is 29.8 Å². The zero-order valence-corrected chi connectivity index (χ0v) is 18.5. The number of nitrogens with zero attached hydrogens (tertiary/aromatic N) is 3. The van der Waals surface area contributed by atoms with Gasteiger partial charge in [0, 0.05) is 32.2 Å². The number of likely N-dealkylation sites (tertiary alicyclic amines) is 2. The molecule has 5 nitrogen and oxygen atoms in total. The van der Waals surface area contributed by atoms with Crippen molar-refractivity contribution < 1.29 is 4.74 Å². The highest BCUT2D eigenvalue weighted by Gasteiger charge is 2.43. The maximum absolute atomic E-state index is 5.35. The van der Waals surface area contributed by atoms with Gasteiger partial charge in [-0.3, -0.25) is 9.89 Å². The quantitative estimate of drug-likeness (QED) is 0.603. The molecule has 0 amide bonds. The van der Waals surface area contributed by atoms with Crippen LogP contribution in [0.4, 0.5) is 0 Å². The third-order valence-electron chi connectivity index (χ3n) is 7.43. The standard InChI is InChI=1S/C24H38N4O/c1-4-25-23(28-16-14-24(18-28)12-6-13-24)26-17-20-7-5-15-27(2)22(20)19-8-10-21(29-3)11-9-19/h8-11,20,22H,4-7,12-18H2,1-3H3,(H,25,26). The molecule has 5 heteroatoms. The molecular weight excluding hydrogens is 360 g/mol. The Morgan fingerprint density at radius 2 is 1.97 bits per heavy atom. The van der Waals surface area contributed by atoms with E-state index >= 15 is 0 Å². The van der Waals surface area contributed by atoms with Gasteiger partial charge in [0.05, 0.1) is 7.11 Å². The van der Waals surface area contributed by atoms with E-state index in [-0.39, 0.29) is 0 Å². The number of rotatable bonds is 5. The first kappa shape index (κ1) is 20.5. The number of aliphatic imine (C=N–C) groups is 1. The fourth-order valence-corrected chi connectivity index (χ4v) is 5.61. The molecular formula is C24H38N4O. The molecule has 1 aliphatic carbocycles. The lowest BCUT2D eigenvalue weighted by molar-refractivity contribution is 0.125. The molecule has 1 aromatic carbocycles. The van der Waals surface area contributed by atoms with Crippen molar-refractivity contribution in [2.75, 3.05) is 46.9 Å². The minimum Gasteiger partial charge on any atom is -0.497 e. The molecule has 0 aromatic heterocycles. The van der Waals surface area contributed by atoms with E-state index in [1.807, 2.05) is 0 Å². The molecule has 0 radical (unpaired) electrons. The molecule has 2 saturated heterocycles. The summed E-state index contributed by atoms with van der Waals surface area (Å²) in [6.07, 6.45) is 8.09. The van der Waals surface area contributed by atoms with Crippen LogP contribution in [-0.4, -0.2) is 62.6 Å². The summed E-state index contributed by atoms with van der Waals surface area (Å²) in [5.74, 6) is 2.62. The molecule has 1 spiro atoms. The first-order chi connectivity index (χ1) is 14.1. The van der Waals surface area contributed by atoms with Crippen molar-refractivity contribution in [3.63, 3.8) is 0 Å². The van der Waals surface area contributed by atoms with Crippen LogP contribution in [0.25, 0.3) is 0 Å². The van der Waals surface area contributed by atoms with Crippen molar-refractivity contribution in [1.82, 2.24) is 15.1 Å². The molecule has 2 unspecified atom stereocenters. The molecule has 3 aliphatic rings. The van der Waals surface area contributed by atoms with E-state index in [2.05, 4.69) is 53.4 Å². The second-order valence-corrected chi connectivity index (χ2v) is 9.32. The van der Waals surface area contributed by atoms with Gasteiger partial charge in [-0.15, -0.1) is 0 Å². The van der Waals surface area contributed by atoms with E-state index < -0.39 is 0 Å². The van der Waals surface area contributed by atoms with E-state index in [1.54, 1.807) is 7.11 Å². The number of hydrogen-bond donors (Lipinski definition) is 1. The summed E-state index contributed by atoms with van der Waals surface area (Å²) in [5, 5.41) is 3.58. The third kappa shape index (κ3) is 4.40. The predicted molar refractivity (Wildman–Crippen MR) is 120 cm³/mol. The summed E-state index contributed by atoms with van der Waals surface area (Å²) < 4.78 is 5.35. The van der Waals surface area contributed by atoms with Crippen LogP contribution in [0, 0.1) is 11.3 Å². The van der Waals surface area contributed by atoms with Gasteiger partial charge in [0.15, 0.2) is 5.96 Å². The van der Waals surface area contributed by atoms with Crippen LogP contribution in [0.5, 0.6) is 5.75 Å². The Hall–Kier alpha value is -1.75. The van der Waals surface area contributed by atoms with Gasteiger partial charge in [-0.1, -0.05) is 18.6 Å². The number of guanidine groups is 1. The summed E-state index contributed by atoms with van der Waals surface area (Å²) in [6, 6.07) is 9.06. The highest BCUT2D eigenvalue weighted by atomic mass is 16.5. The Kier molecular flexibility index (Phi) is 6.33. The van der Waals surface area contributed by atoms with E-state index in [0.29, 0.717) is 17.4 Å². The lowest BCUT2D eigenvalue weighted by atomic mass is 9.68. The smallest absolute Gasteiger partial charge is 0.193 e. The molecule has 29 heavy (non-hydrogen) atoms. The highest BCUT2D eigenvalue weighted by molar-refractivity contribution is 5.80. The predicted octanol–water partition coefficient (Wildman–Crippen LogP) is 3.92. The van der Waals surface area contributed by atoms with Gasteiger partial charge in [0.1, 0.15) is 5.75 Å². The summed E-state index contributed by atoms with van der Waals surface area (Å²) in [7, 11) is 3.99. The average molecular weight is 399 g/mol. The molecule has 2 aliphatic heterocycles. The van der Waals surface area contributed by atoms with Crippen LogP contribution >= 0.6 is 0 Å². The lowest BCUT2D eigenvalue weighted by Crippen LogP contribution is -2.43. The van der Waals surface area contributed by atoms with E-state index in [4.69, 9.17) is 9.73 Å². The topological polar surface area (TPSA) is 40.1 Å². The van der Waals surface area contributed by atoms with Crippen molar-refractivity contribution in [2.24, 2.45) is 16.3 Å². The fraction of sp³-hybridized carbons (Fsp3) is 0.708. The lowest BCUT2D eigenvalue weighted by Gasteiger charge is -2.39. The van der Waals surface area contributed by atoms with Gasteiger partial charge in [-0.05, 0) is 81.6 Å². The number of hydrogen-bond acceptors (Lipinski definition) is 3. The highest BCUT2D eigenvalue weighted by Crippen LogP contribution is 2.48. The molecule has 1 saturated carbocycles. The molecule has 1 N–H and O–H groups in total. The monoisotopic (exact) mass is 398 g/mol. The Balaban J connectivity index is 1.48. The number of nitrogens with one attached hydrogen (secondary N) is 1. The number of methoxy groups -OCH3 is 1.